The highest BCUT2D eigenvalue weighted by molar-refractivity contribution is 5.98. The van der Waals surface area contributed by atoms with Gasteiger partial charge in [-0.15, -0.1) is 24.8 Å². The number of benzene rings is 2. The van der Waals surface area contributed by atoms with Crippen molar-refractivity contribution in [3.63, 3.8) is 0 Å². The molecule has 13 heteroatoms. The Morgan fingerprint density at radius 1 is 1.11 bits per heavy atom. The summed E-state index contributed by atoms with van der Waals surface area (Å²) in [6.07, 6.45) is -0.756. The molecule has 0 aliphatic carbocycles. The summed E-state index contributed by atoms with van der Waals surface area (Å²) in [5.41, 5.74) is 7.11. The lowest BCUT2D eigenvalue weighted by molar-refractivity contribution is -0.117. The summed E-state index contributed by atoms with van der Waals surface area (Å²) in [6, 6.07) is 13.0. The fraction of sp³-hybridized carbons (Fsp3) is 0.304. The molecule has 0 unspecified atom stereocenters. The summed E-state index contributed by atoms with van der Waals surface area (Å²) in [5.74, 6) is -0.00228. The fourth-order valence-corrected chi connectivity index (χ4v) is 3.60. The van der Waals surface area contributed by atoms with E-state index >= 15 is 0 Å². The standard InChI is InChI=1S/C23H27N7O4.2ClH/c24-13-19(28-23(33)34-14-15-4-2-1-3-5-15)21(32)26-16-6-7-18-17(12-16)20(31)29-22(27-18)30-10-8-25-9-11-30;;/h1-7,12,19,25H,8-11,13-14,24H2,(H,26,32)(H,28,33)(H,27,29,31);2*1H/t19-;;/m0../s1. The van der Waals surface area contributed by atoms with Crippen molar-refractivity contribution in [2.75, 3.05) is 42.9 Å². The van der Waals surface area contributed by atoms with Crippen LogP contribution in [0.5, 0.6) is 0 Å². The van der Waals surface area contributed by atoms with Crippen LogP contribution in [0.15, 0.2) is 53.3 Å². The average Bonchev–Trinajstić information content (AvgIpc) is 2.87. The third-order valence-corrected chi connectivity index (χ3v) is 5.43. The number of ether oxygens (including phenoxy) is 1. The van der Waals surface area contributed by atoms with Crippen molar-refractivity contribution in [1.29, 1.82) is 0 Å². The second-order valence-electron chi connectivity index (χ2n) is 7.84. The second-order valence-corrected chi connectivity index (χ2v) is 7.84. The maximum Gasteiger partial charge on any atom is 0.408 e. The molecule has 1 aromatic heterocycles. The summed E-state index contributed by atoms with van der Waals surface area (Å²) in [7, 11) is 0. The highest BCUT2D eigenvalue weighted by atomic mass is 35.5. The Kier molecular flexibility index (Phi) is 10.9. The van der Waals surface area contributed by atoms with E-state index in [1.165, 1.54) is 0 Å². The van der Waals surface area contributed by atoms with E-state index in [1.54, 1.807) is 18.2 Å². The minimum atomic E-state index is -1.01. The Labute approximate surface area is 220 Å². The van der Waals surface area contributed by atoms with Crippen LogP contribution >= 0.6 is 24.8 Å². The van der Waals surface area contributed by atoms with Crippen LogP contribution in [0, 0.1) is 0 Å². The van der Waals surface area contributed by atoms with Crippen molar-refractivity contribution in [2.45, 2.75) is 12.6 Å². The van der Waals surface area contributed by atoms with Crippen molar-refractivity contribution in [2.24, 2.45) is 5.73 Å². The highest BCUT2D eigenvalue weighted by Gasteiger charge is 2.21. The number of alkyl carbamates (subject to hydrolysis) is 1. The molecule has 2 aromatic carbocycles. The number of nitrogens with one attached hydrogen (secondary N) is 4. The maximum atomic E-state index is 12.7. The number of fused-ring (bicyclic) bond motifs is 1. The molecule has 1 fully saturated rings. The Hall–Kier alpha value is -3.38. The number of piperazine rings is 1. The van der Waals surface area contributed by atoms with Gasteiger partial charge < -0.3 is 31.3 Å². The number of hydrogen-bond donors (Lipinski definition) is 5. The van der Waals surface area contributed by atoms with E-state index in [0.717, 1.165) is 31.7 Å². The van der Waals surface area contributed by atoms with Crippen LogP contribution in [-0.2, 0) is 16.1 Å². The molecule has 11 nitrogen and oxygen atoms in total. The predicted octanol–water partition coefficient (Wildman–Crippen LogP) is 1.37. The van der Waals surface area contributed by atoms with Gasteiger partial charge in [0.15, 0.2) is 0 Å². The van der Waals surface area contributed by atoms with E-state index in [1.807, 2.05) is 35.2 Å². The molecule has 1 aliphatic heterocycles. The largest absolute Gasteiger partial charge is 0.445 e. The van der Waals surface area contributed by atoms with Gasteiger partial charge in [-0.05, 0) is 23.8 Å². The Morgan fingerprint density at radius 3 is 2.53 bits per heavy atom. The summed E-state index contributed by atoms with van der Waals surface area (Å²) in [4.78, 5) is 46.8. The van der Waals surface area contributed by atoms with Gasteiger partial charge in [0.1, 0.15) is 12.6 Å². The van der Waals surface area contributed by atoms with E-state index in [4.69, 9.17) is 10.5 Å². The molecule has 194 valence electrons. The lowest BCUT2D eigenvalue weighted by Gasteiger charge is -2.27. The number of hydrogen-bond acceptors (Lipinski definition) is 8. The quantitative estimate of drug-likeness (QED) is 0.302. The molecule has 0 radical (unpaired) electrons. The van der Waals surface area contributed by atoms with E-state index in [-0.39, 0.29) is 43.5 Å². The third-order valence-electron chi connectivity index (χ3n) is 5.43. The SMILES string of the molecule is Cl.Cl.NC[C@H](NC(=O)OCc1ccccc1)C(=O)Nc1ccc2nc(N3CCNCC3)[nH]c(=O)c2c1. The second kappa shape index (κ2) is 13.6. The molecular weight excluding hydrogens is 509 g/mol. The van der Waals surface area contributed by atoms with Crippen LogP contribution in [0.2, 0.25) is 0 Å². The molecule has 36 heavy (non-hydrogen) atoms. The molecule has 0 spiro atoms. The van der Waals surface area contributed by atoms with Gasteiger partial charge in [0.05, 0.1) is 10.9 Å². The number of carbonyl (C=O) groups is 2. The topological polar surface area (TPSA) is 154 Å². The van der Waals surface area contributed by atoms with E-state index in [2.05, 4.69) is 25.9 Å². The van der Waals surface area contributed by atoms with Gasteiger partial charge in [-0.3, -0.25) is 14.6 Å². The number of rotatable bonds is 7. The Bertz CT molecular complexity index is 1220. The molecule has 3 aromatic rings. The summed E-state index contributed by atoms with van der Waals surface area (Å²) >= 11 is 0. The van der Waals surface area contributed by atoms with Crippen LogP contribution in [-0.4, -0.2) is 60.7 Å². The van der Waals surface area contributed by atoms with E-state index in [9.17, 15) is 14.4 Å². The zero-order valence-electron chi connectivity index (χ0n) is 19.4. The number of nitrogens with two attached hydrogens (primary N) is 1. The summed E-state index contributed by atoms with van der Waals surface area (Å²) in [6.45, 7) is 3.09. The van der Waals surface area contributed by atoms with Gasteiger partial charge in [0, 0.05) is 38.4 Å². The third kappa shape index (κ3) is 7.31. The van der Waals surface area contributed by atoms with Gasteiger partial charge in [0.2, 0.25) is 11.9 Å². The number of H-pyrrole nitrogens is 1. The minimum Gasteiger partial charge on any atom is -0.445 e. The lowest BCUT2D eigenvalue weighted by Crippen LogP contribution is -2.48. The van der Waals surface area contributed by atoms with Crippen LogP contribution in [0.3, 0.4) is 0 Å². The van der Waals surface area contributed by atoms with Gasteiger partial charge in [-0.25, -0.2) is 9.78 Å². The molecule has 1 atom stereocenters. The number of anilines is 2. The lowest BCUT2D eigenvalue weighted by atomic mass is 10.2. The molecule has 0 saturated carbocycles. The van der Waals surface area contributed by atoms with Gasteiger partial charge >= 0.3 is 6.09 Å². The zero-order chi connectivity index (χ0) is 23.9. The molecule has 1 saturated heterocycles. The van der Waals surface area contributed by atoms with Crippen LogP contribution in [0.25, 0.3) is 10.9 Å². The van der Waals surface area contributed by atoms with E-state index in [0.29, 0.717) is 22.5 Å². The minimum absolute atomic E-state index is 0. The maximum absolute atomic E-state index is 12.7. The highest BCUT2D eigenvalue weighted by Crippen LogP contribution is 2.17. The van der Waals surface area contributed by atoms with Crippen molar-refractivity contribution in [1.82, 2.24) is 20.6 Å². The molecule has 2 amide bonds. The van der Waals surface area contributed by atoms with Crippen molar-refractivity contribution < 1.29 is 14.3 Å². The van der Waals surface area contributed by atoms with Crippen molar-refractivity contribution >= 4 is 59.4 Å². The van der Waals surface area contributed by atoms with Gasteiger partial charge in [0.25, 0.3) is 5.56 Å². The number of nitrogens with zero attached hydrogens (tertiary/aromatic N) is 2. The smallest absolute Gasteiger partial charge is 0.408 e. The molecule has 2 heterocycles. The summed E-state index contributed by atoms with van der Waals surface area (Å²) in [5, 5.41) is 8.74. The first kappa shape index (κ1) is 28.9. The number of amides is 2. The van der Waals surface area contributed by atoms with Crippen molar-refractivity contribution in [3.05, 3.63) is 64.4 Å². The number of carbonyl (C=O) groups excluding carboxylic acids is 2. The van der Waals surface area contributed by atoms with Crippen molar-refractivity contribution in [3.8, 4) is 0 Å². The Morgan fingerprint density at radius 2 is 1.83 bits per heavy atom. The average molecular weight is 538 g/mol. The molecular formula is C23H29Cl2N7O4. The monoisotopic (exact) mass is 537 g/mol. The normalized spacial score (nSPS) is 13.6. The molecule has 0 bridgehead atoms. The first-order chi connectivity index (χ1) is 16.5. The van der Waals surface area contributed by atoms with Crippen LogP contribution in [0.1, 0.15) is 5.56 Å². The van der Waals surface area contributed by atoms with Crippen LogP contribution in [0.4, 0.5) is 16.4 Å². The molecule has 4 rings (SSSR count). The first-order valence-electron chi connectivity index (χ1n) is 11.0. The fourth-order valence-electron chi connectivity index (χ4n) is 3.60. The Balaban J connectivity index is 0.00000228. The number of halogens is 2. The number of aromatic nitrogens is 2. The van der Waals surface area contributed by atoms with Crippen LogP contribution < -0.4 is 32.1 Å². The predicted molar refractivity (Wildman–Crippen MR) is 143 cm³/mol. The molecule has 1 aliphatic rings. The first-order valence-corrected chi connectivity index (χ1v) is 11.0. The van der Waals surface area contributed by atoms with E-state index < -0.39 is 18.0 Å². The zero-order valence-corrected chi connectivity index (χ0v) is 21.0. The van der Waals surface area contributed by atoms with Gasteiger partial charge in [-0.2, -0.15) is 0 Å². The van der Waals surface area contributed by atoms with Gasteiger partial charge in [-0.1, -0.05) is 30.3 Å². The number of aromatic amines is 1. The summed E-state index contributed by atoms with van der Waals surface area (Å²) < 4.78 is 5.15. The molecule has 6 N–H and O–H groups in total.